The second kappa shape index (κ2) is 6.54. The van der Waals surface area contributed by atoms with Crippen molar-refractivity contribution in [1.82, 2.24) is 15.3 Å². The van der Waals surface area contributed by atoms with Crippen LogP contribution < -0.4 is 16.2 Å². The van der Waals surface area contributed by atoms with E-state index in [1.54, 1.807) is 0 Å². The second-order valence-corrected chi connectivity index (χ2v) is 4.86. The molecule has 0 bridgehead atoms. The molecule has 2 heterocycles. The van der Waals surface area contributed by atoms with Gasteiger partial charge >= 0.3 is 0 Å². The van der Waals surface area contributed by atoms with Crippen LogP contribution >= 0.6 is 0 Å². The highest BCUT2D eigenvalue weighted by atomic mass is 16.1. The monoisotopic (exact) mass is 250 g/mol. The summed E-state index contributed by atoms with van der Waals surface area (Å²) in [6.07, 6.45) is 4.45. The third-order valence-electron chi connectivity index (χ3n) is 3.38. The van der Waals surface area contributed by atoms with E-state index in [4.69, 9.17) is 0 Å². The van der Waals surface area contributed by atoms with Crippen molar-refractivity contribution >= 4 is 5.82 Å². The van der Waals surface area contributed by atoms with E-state index in [1.165, 1.54) is 18.9 Å². The van der Waals surface area contributed by atoms with Crippen molar-refractivity contribution in [3.63, 3.8) is 0 Å². The lowest BCUT2D eigenvalue weighted by molar-refractivity contribution is 0.364. The van der Waals surface area contributed by atoms with Gasteiger partial charge in [0.15, 0.2) is 0 Å². The van der Waals surface area contributed by atoms with E-state index in [9.17, 15) is 4.79 Å². The van der Waals surface area contributed by atoms with Crippen molar-refractivity contribution in [2.75, 3.05) is 25.0 Å². The first-order chi connectivity index (χ1) is 8.78. The van der Waals surface area contributed by atoms with Crippen LogP contribution in [0.5, 0.6) is 0 Å². The van der Waals surface area contributed by atoms with Crippen LogP contribution in [0.4, 0.5) is 5.82 Å². The SMILES string of the molecule is CCc1nc(NCCC2CCCNC2)cc(=O)[nH]1. The zero-order valence-electron chi connectivity index (χ0n) is 11.0. The molecule has 1 aromatic heterocycles. The number of aromatic nitrogens is 2. The fraction of sp³-hybridized carbons (Fsp3) is 0.692. The van der Waals surface area contributed by atoms with Gasteiger partial charge in [-0.25, -0.2) is 4.98 Å². The van der Waals surface area contributed by atoms with E-state index in [-0.39, 0.29) is 5.56 Å². The lowest BCUT2D eigenvalue weighted by atomic mass is 9.96. The average molecular weight is 250 g/mol. The van der Waals surface area contributed by atoms with Gasteiger partial charge in [0.05, 0.1) is 0 Å². The fourth-order valence-corrected chi connectivity index (χ4v) is 2.34. The minimum atomic E-state index is -0.0799. The van der Waals surface area contributed by atoms with Crippen LogP contribution in [-0.2, 0) is 6.42 Å². The summed E-state index contributed by atoms with van der Waals surface area (Å²) in [6.45, 7) is 5.13. The molecule has 0 amide bonds. The van der Waals surface area contributed by atoms with Crippen molar-refractivity contribution in [1.29, 1.82) is 0 Å². The number of hydrogen-bond donors (Lipinski definition) is 3. The highest BCUT2D eigenvalue weighted by molar-refractivity contribution is 5.32. The Morgan fingerprint density at radius 3 is 3.17 bits per heavy atom. The molecule has 0 aromatic carbocycles. The Balaban J connectivity index is 1.82. The maximum atomic E-state index is 11.4. The summed E-state index contributed by atoms with van der Waals surface area (Å²) in [5.41, 5.74) is -0.0799. The first-order valence-corrected chi connectivity index (χ1v) is 6.82. The van der Waals surface area contributed by atoms with Gasteiger partial charge in [-0.15, -0.1) is 0 Å². The van der Waals surface area contributed by atoms with Gasteiger partial charge < -0.3 is 15.6 Å². The molecule has 1 atom stereocenters. The number of rotatable bonds is 5. The minimum absolute atomic E-state index is 0.0799. The molecule has 0 radical (unpaired) electrons. The highest BCUT2D eigenvalue weighted by Crippen LogP contribution is 2.13. The Kier molecular flexibility index (Phi) is 4.75. The molecule has 0 spiro atoms. The Bertz CT molecular complexity index is 423. The van der Waals surface area contributed by atoms with Gasteiger partial charge in [-0.3, -0.25) is 4.79 Å². The Morgan fingerprint density at radius 2 is 2.44 bits per heavy atom. The predicted octanol–water partition coefficient (Wildman–Crippen LogP) is 1.13. The molecule has 1 saturated heterocycles. The molecular weight excluding hydrogens is 228 g/mol. The van der Waals surface area contributed by atoms with Crippen LogP contribution in [0.3, 0.4) is 0 Å². The van der Waals surface area contributed by atoms with Crippen molar-refractivity contribution in [3.8, 4) is 0 Å². The van der Waals surface area contributed by atoms with Crippen LogP contribution in [0, 0.1) is 5.92 Å². The molecule has 18 heavy (non-hydrogen) atoms. The molecule has 1 aromatic rings. The zero-order chi connectivity index (χ0) is 12.8. The first-order valence-electron chi connectivity index (χ1n) is 6.82. The number of hydrogen-bond acceptors (Lipinski definition) is 4. The maximum absolute atomic E-state index is 11.4. The number of nitrogens with one attached hydrogen (secondary N) is 3. The summed E-state index contributed by atoms with van der Waals surface area (Å²) in [5, 5.41) is 6.66. The molecule has 2 rings (SSSR count). The van der Waals surface area contributed by atoms with Crippen LogP contribution in [0.15, 0.2) is 10.9 Å². The third kappa shape index (κ3) is 3.84. The van der Waals surface area contributed by atoms with Crippen LogP contribution in [-0.4, -0.2) is 29.6 Å². The Hall–Kier alpha value is -1.36. The standard InChI is InChI=1S/C13H22N4O/c1-2-11-16-12(8-13(18)17-11)15-7-5-10-4-3-6-14-9-10/h8,10,14H,2-7,9H2,1H3,(H2,15,16,17,18). The summed E-state index contributed by atoms with van der Waals surface area (Å²) in [7, 11) is 0. The number of aryl methyl sites for hydroxylation is 1. The lowest BCUT2D eigenvalue weighted by Gasteiger charge is -2.22. The molecular formula is C13H22N4O. The molecule has 1 unspecified atom stereocenters. The largest absolute Gasteiger partial charge is 0.370 e. The normalized spacial score (nSPS) is 19.7. The van der Waals surface area contributed by atoms with Crippen molar-refractivity contribution in [2.45, 2.75) is 32.6 Å². The Morgan fingerprint density at radius 1 is 1.56 bits per heavy atom. The molecule has 3 N–H and O–H groups in total. The van der Waals surface area contributed by atoms with Gasteiger partial charge in [-0.2, -0.15) is 0 Å². The summed E-state index contributed by atoms with van der Waals surface area (Å²) < 4.78 is 0. The number of piperidine rings is 1. The van der Waals surface area contributed by atoms with E-state index >= 15 is 0 Å². The van der Waals surface area contributed by atoms with Gasteiger partial charge in [-0.05, 0) is 38.3 Å². The molecule has 5 nitrogen and oxygen atoms in total. The van der Waals surface area contributed by atoms with Crippen LogP contribution in [0.1, 0.15) is 32.0 Å². The van der Waals surface area contributed by atoms with Crippen molar-refractivity contribution in [2.24, 2.45) is 5.92 Å². The number of aromatic amines is 1. The van der Waals surface area contributed by atoms with Gasteiger partial charge in [0.25, 0.3) is 5.56 Å². The smallest absolute Gasteiger partial charge is 0.252 e. The fourth-order valence-electron chi connectivity index (χ4n) is 2.34. The minimum Gasteiger partial charge on any atom is -0.370 e. The highest BCUT2D eigenvalue weighted by Gasteiger charge is 2.12. The van der Waals surface area contributed by atoms with E-state index < -0.39 is 0 Å². The van der Waals surface area contributed by atoms with Crippen molar-refractivity contribution < 1.29 is 0 Å². The molecule has 1 fully saturated rings. The average Bonchev–Trinajstić information content (AvgIpc) is 2.39. The van der Waals surface area contributed by atoms with Gasteiger partial charge in [0.1, 0.15) is 11.6 Å². The van der Waals surface area contributed by atoms with Crippen LogP contribution in [0.25, 0.3) is 0 Å². The maximum Gasteiger partial charge on any atom is 0.252 e. The molecule has 0 saturated carbocycles. The summed E-state index contributed by atoms with van der Waals surface area (Å²) in [5.74, 6) is 2.18. The van der Waals surface area contributed by atoms with Crippen LogP contribution in [0.2, 0.25) is 0 Å². The Labute approximate surface area is 107 Å². The van der Waals surface area contributed by atoms with Gasteiger partial charge in [-0.1, -0.05) is 6.92 Å². The molecule has 0 aliphatic carbocycles. The zero-order valence-corrected chi connectivity index (χ0v) is 11.0. The number of anilines is 1. The van der Waals surface area contributed by atoms with Crippen molar-refractivity contribution in [3.05, 3.63) is 22.2 Å². The molecule has 100 valence electrons. The summed E-state index contributed by atoms with van der Waals surface area (Å²) in [6, 6.07) is 1.53. The molecule has 5 heteroatoms. The van der Waals surface area contributed by atoms with E-state index in [0.29, 0.717) is 5.82 Å². The van der Waals surface area contributed by atoms with E-state index in [0.717, 1.165) is 44.2 Å². The van der Waals surface area contributed by atoms with Gasteiger partial charge in [0.2, 0.25) is 0 Å². The molecule has 1 aliphatic heterocycles. The second-order valence-electron chi connectivity index (χ2n) is 4.86. The summed E-state index contributed by atoms with van der Waals surface area (Å²) in [4.78, 5) is 18.5. The summed E-state index contributed by atoms with van der Waals surface area (Å²) >= 11 is 0. The van der Waals surface area contributed by atoms with Gasteiger partial charge in [0, 0.05) is 19.0 Å². The third-order valence-corrected chi connectivity index (χ3v) is 3.38. The number of H-pyrrole nitrogens is 1. The predicted molar refractivity (Wildman–Crippen MR) is 72.9 cm³/mol. The number of nitrogens with zero attached hydrogens (tertiary/aromatic N) is 1. The lowest BCUT2D eigenvalue weighted by Crippen LogP contribution is -2.30. The van der Waals surface area contributed by atoms with E-state index in [2.05, 4.69) is 20.6 Å². The topological polar surface area (TPSA) is 69.8 Å². The molecule has 1 aliphatic rings. The van der Waals surface area contributed by atoms with E-state index in [1.807, 2.05) is 6.92 Å². The quantitative estimate of drug-likeness (QED) is 0.733. The first kappa shape index (κ1) is 13.1.